The van der Waals surface area contributed by atoms with Crippen LogP contribution in [-0.2, 0) is 6.54 Å². The van der Waals surface area contributed by atoms with Crippen LogP contribution >= 0.6 is 12.2 Å². The van der Waals surface area contributed by atoms with Gasteiger partial charge in [0.25, 0.3) is 5.69 Å². The van der Waals surface area contributed by atoms with Crippen molar-refractivity contribution in [2.24, 2.45) is 10.8 Å². The fraction of sp³-hybridized carbons (Fsp3) is 0.263. The number of hydrazone groups is 1. The number of nitrogens with one attached hydrogen (secondary N) is 1. The summed E-state index contributed by atoms with van der Waals surface area (Å²) in [7, 11) is 0. The molecule has 0 aliphatic carbocycles. The number of hydrogen-bond acceptors (Lipinski definition) is 6. The lowest BCUT2D eigenvalue weighted by atomic mass is 10.1. The highest BCUT2D eigenvalue weighted by Crippen LogP contribution is 2.30. The molecular formula is C19H22N6O2S. The number of nitro benzene ring substituents is 1. The Morgan fingerprint density at radius 1 is 1.21 bits per heavy atom. The topological polar surface area (TPSA) is 100 Å². The van der Waals surface area contributed by atoms with Crippen LogP contribution in [0.2, 0.25) is 0 Å². The van der Waals surface area contributed by atoms with Gasteiger partial charge in [0.05, 0.1) is 11.1 Å². The average Bonchev–Trinajstić information content (AvgIpc) is 2.69. The second-order valence-corrected chi connectivity index (χ2v) is 6.93. The van der Waals surface area contributed by atoms with E-state index in [2.05, 4.69) is 44.7 Å². The molecule has 3 rings (SSSR count). The molecule has 146 valence electrons. The molecule has 0 amide bonds. The second kappa shape index (κ2) is 9.25. The summed E-state index contributed by atoms with van der Waals surface area (Å²) in [5, 5.41) is 15.5. The number of piperazine rings is 1. The van der Waals surface area contributed by atoms with Gasteiger partial charge in [-0.1, -0.05) is 36.4 Å². The quantitative estimate of drug-likeness (QED) is 0.333. The maximum Gasteiger partial charge on any atom is 0.293 e. The zero-order valence-corrected chi connectivity index (χ0v) is 16.1. The normalized spacial score (nSPS) is 14.9. The summed E-state index contributed by atoms with van der Waals surface area (Å²) in [6.45, 7) is 4.08. The summed E-state index contributed by atoms with van der Waals surface area (Å²) in [6, 6.07) is 15.4. The standard InChI is InChI=1S/C19H22N6O2S/c20-19(28)22-21-13-16-6-7-17(18(12-16)25(26)27)24-10-8-23(9-11-24)14-15-4-2-1-3-5-15/h1-7,12-13H,8-11,14H2,(H3,20,22,28). The molecule has 0 spiro atoms. The summed E-state index contributed by atoms with van der Waals surface area (Å²) < 4.78 is 0. The predicted molar refractivity (Wildman–Crippen MR) is 115 cm³/mol. The van der Waals surface area contributed by atoms with E-state index < -0.39 is 0 Å². The number of nitrogens with two attached hydrogens (primary N) is 1. The summed E-state index contributed by atoms with van der Waals surface area (Å²) in [4.78, 5) is 15.6. The van der Waals surface area contributed by atoms with E-state index in [1.165, 1.54) is 17.8 Å². The molecule has 8 nitrogen and oxygen atoms in total. The summed E-state index contributed by atoms with van der Waals surface area (Å²) in [5.41, 5.74) is 10.3. The third kappa shape index (κ3) is 5.24. The van der Waals surface area contributed by atoms with Crippen molar-refractivity contribution in [2.45, 2.75) is 6.54 Å². The van der Waals surface area contributed by atoms with E-state index in [9.17, 15) is 10.1 Å². The Hall–Kier alpha value is -3.04. The van der Waals surface area contributed by atoms with Gasteiger partial charge < -0.3 is 10.6 Å². The van der Waals surface area contributed by atoms with Gasteiger partial charge in [-0.3, -0.25) is 20.4 Å². The number of nitro groups is 1. The van der Waals surface area contributed by atoms with Gasteiger partial charge in [0, 0.05) is 44.4 Å². The molecule has 1 fully saturated rings. The maximum absolute atomic E-state index is 11.6. The molecule has 28 heavy (non-hydrogen) atoms. The highest BCUT2D eigenvalue weighted by molar-refractivity contribution is 7.80. The molecule has 9 heteroatoms. The summed E-state index contributed by atoms with van der Waals surface area (Å²) in [6.07, 6.45) is 1.45. The number of anilines is 1. The Morgan fingerprint density at radius 3 is 2.57 bits per heavy atom. The van der Waals surface area contributed by atoms with Crippen molar-refractivity contribution in [1.82, 2.24) is 10.3 Å². The zero-order valence-electron chi connectivity index (χ0n) is 15.3. The Morgan fingerprint density at radius 2 is 1.93 bits per heavy atom. The van der Waals surface area contributed by atoms with Gasteiger partial charge in [0.1, 0.15) is 5.69 Å². The maximum atomic E-state index is 11.6. The van der Waals surface area contributed by atoms with Crippen molar-refractivity contribution in [3.05, 3.63) is 69.8 Å². The van der Waals surface area contributed by atoms with Crippen molar-refractivity contribution in [2.75, 3.05) is 31.1 Å². The minimum absolute atomic E-state index is 0.0377. The molecule has 0 bridgehead atoms. The van der Waals surface area contributed by atoms with Crippen LogP contribution in [-0.4, -0.2) is 47.3 Å². The van der Waals surface area contributed by atoms with Crippen molar-refractivity contribution in [3.63, 3.8) is 0 Å². The van der Waals surface area contributed by atoms with Crippen LogP contribution in [0.5, 0.6) is 0 Å². The van der Waals surface area contributed by atoms with Crippen molar-refractivity contribution in [1.29, 1.82) is 0 Å². The first-order chi connectivity index (χ1) is 13.5. The lowest BCUT2D eigenvalue weighted by Gasteiger charge is -2.35. The molecule has 1 heterocycles. The van der Waals surface area contributed by atoms with Gasteiger partial charge in [0.2, 0.25) is 0 Å². The minimum atomic E-state index is -0.357. The van der Waals surface area contributed by atoms with E-state index in [1.54, 1.807) is 12.1 Å². The third-order valence-corrected chi connectivity index (χ3v) is 4.64. The van der Waals surface area contributed by atoms with E-state index in [0.29, 0.717) is 11.3 Å². The Labute approximate surface area is 168 Å². The smallest absolute Gasteiger partial charge is 0.293 e. The van der Waals surface area contributed by atoms with E-state index >= 15 is 0 Å². The van der Waals surface area contributed by atoms with Gasteiger partial charge in [-0.15, -0.1) is 0 Å². The van der Waals surface area contributed by atoms with E-state index in [-0.39, 0.29) is 15.7 Å². The fourth-order valence-electron chi connectivity index (χ4n) is 3.19. The Bertz CT molecular complexity index is 866. The number of nitrogens with zero attached hydrogens (tertiary/aromatic N) is 4. The molecule has 3 N–H and O–H groups in total. The number of hydrogen-bond donors (Lipinski definition) is 2. The molecule has 2 aromatic carbocycles. The molecule has 1 aliphatic rings. The zero-order chi connectivity index (χ0) is 19.9. The number of rotatable bonds is 6. The fourth-order valence-corrected chi connectivity index (χ4v) is 3.25. The van der Waals surface area contributed by atoms with Gasteiger partial charge in [0.15, 0.2) is 5.11 Å². The lowest BCUT2D eigenvalue weighted by Crippen LogP contribution is -2.46. The van der Waals surface area contributed by atoms with Gasteiger partial charge >= 0.3 is 0 Å². The first kappa shape index (κ1) is 19.7. The molecule has 2 aromatic rings. The van der Waals surface area contributed by atoms with Gasteiger partial charge in [-0.05, 0) is 23.8 Å². The van der Waals surface area contributed by atoms with Crippen LogP contribution in [0.1, 0.15) is 11.1 Å². The monoisotopic (exact) mass is 398 g/mol. The van der Waals surface area contributed by atoms with Crippen LogP contribution in [0.15, 0.2) is 53.6 Å². The van der Waals surface area contributed by atoms with Crippen molar-refractivity contribution >= 4 is 34.9 Å². The lowest BCUT2D eigenvalue weighted by molar-refractivity contribution is -0.384. The van der Waals surface area contributed by atoms with Crippen LogP contribution in [0.4, 0.5) is 11.4 Å². The molecule has 0 unspecified atom stereocenters. The molecule has 0 radical (unpaired) electrons. The first-order valence-corrected chi connectivity index (χ1v) is 9.32. The third-order valence-electron chi connectivity index (χ3n) is 4.55. The predicted octanol–water partition coefficient (Wildman–Crippen LogP) is 2.08. The summed E-state index contributed by atoms with van der Waals surface area (Å²) in [5.74, 6) is 0. The molecular weight excluding hydrogens is 376 g/mol. The largest absolute Gasteiger partial charge is 0.375 e. The average molecular weight is 398 g/mol. The molecule has 0 aromatic heterocycles. The Balaban J connectivity index is 1.67. The minimum Gasteiger partial charge on any atom is -0.375 e. The molecule has 0 saturated carbocycles. The van der Waals surface area contributed by atoms with Crippen molar-refractivity contribution in [3.8, 4) is 0 Å². The highest BCUT2D eigenvalue weighted by Gasteiger charge is 2.24. The molecule has 1 aliphatic heterocycles. The van der Waals surface area contributed by atoms with Crippen LogP contribution in [0, 0.1) is 10.1 Å². The van der Waals surface area contributed by atoms with Crippen LogP contribution in [0.3, 0.4) is 0 Å². The van der Waals surface area contributed by atoms with Gasteiger partial charge in [-0.2, -0.15) is 5.10 Å². The van der Waals surface area contributed by atoms with Gasteiger partial charge in [-0.25, -0.2) is 0 Å². The van der Waals surface area contributed by atoms with E-state index in [4.69, 9.17) is 5.73 Å². The first-order valence-electron chi connectivity index (χ1n) is 8.91. The number of thiocarbonyl (C=S) groups is 1. The van der Waals surface area contributed by atoms with Crippen molar-refractivity contribution < 1.29 is 4.92 Å². The SMILES string of the molecule is NC(=S)NN=Cc1ccc(N2CCN(Cc3ccccc3)CC2)c([N+](=O)[O-])c1. The molecule has 1 saturated heterocycles. The van der Waals surface area contributed by atoms with Crippen LogP contribution < -0.4 is 16.1 Å². The highest BCUT2D eigenvalue weighted by atomic mass is 32.1. The van der Waals surface area contributed by atoms with E-state index in [1.807, 2.05) is 18.2 Å². The number of benzene rings is 2. The second-order valence-electron chi connectivity index (χ2n) is 6.49. The Kier molecular flexibility index (Phi) is 6.51. The molecule has 0 atom stereocenters. The van der Waals surface area contributed by atoms with Crippen LogP contribution in [0.25, 0.3) is 0 Å². The van der Waals surface area contributed by atoms with E-state index in [0.717, 1.165) is 32.7 Å². The summed E-state index contributed by atoms with van der Waals surface area (Å²) >= 11 is 4.67.